The molecule has 3 heteroatoms. The number of nitroso groups, excluding NO2 is 1. The minimum Gasteiger partial charge on any atom is -0.381 e. The van der Waals surface area contributed by atoms with Gasteiger partial charge < -0.3 is 5.32 Å². The van der Waals surface area contributed by atoms with Crippen LogP contribution in [0.15, 0.2) is 27.7 Å². The standard InChI is InChI=1S/C13H18N2O/c1-13(2)7-6-9-11(15-16)8-4-3-5-10(8)14-12(9)13/h12,14H,3-7H2,1-2H3. The second-order valence-electron chi connectivity index (χ2n) is 5.84. The molecular formula is C13H18N2O. The molecule has 1 heterocycles. The van der Waals surface area contributed by atoms with E-state index in [9.17, 15) is 4.91 Å². The van der Waals surface area contributed by atoms with Crippen LogP contribution in [0.1, 0.15) is 46.0 Å². The molecule has 0 spiro atoms. The third-order valence-electron chi connectivity index (χ3n) is 4.39. The molecule has 1 unspecified atom stereocenters. The monoisotopic (exact) mass is 218 g/mol. The summed E-state index contributed by atoms with van der Waals surface area (Å²) in [6, 6.07) is 0.344. The normalized spacial score (nSPS) is 31.2. The first-order chi connectivity index (χ1) is 7.63. The Labute approximate surface area is 96.0 Å². The van der Waals surface area contributed by atoms with Crippen molar-refractivity contribution < 1.29 is 0 Å². The summed E-state index contributed by atoms with van der Waals surface area (Å²) in [5.41, 5.74) is 4.81. The van der Waals surface area contributed by atoms with Gasteiger partial charge in [0.05, 0.1) is 6.04 Å². The summed E-state index contributed by atoms with van der Waals surface area (Å²) in [7, 11) is 0. The molecule has 1 N–H and O–H groups in total. The van der Waals surface area contributed by atoms with E-state index in [1.165, 1.54) is 16.8 Å². The van der Waals surface area contributed by atoms with Crippen molar-refractivity contribution in [3.8, 4) is 0 Å². The van der Waals surface area contributed by atoms with Crippen LogP contribution in [0.2, 0.25) is 0 Å². The zero-order chi connectivity index (χ0) is 11.3. The maximum atomic E-state index is 11.1. The Morgan fingerprint density at radius 2 is 2.12 bits per heavy atom. The van der Waals surface area contributed by atoms with Gasteiger partial charge >= 0.3 is 0 Å². The van der Waals surface area contributed by atoms with Gasteiger partial charge in [-0.05, 0) is 48.3 Å². The van der Waals surface area contributed by atoms with Crippen LogP contribution in [-0.2, 0) is 0 Å². The second kappa shape index (κ2) is 3.19. The first-order valence-corrected chi connectivity index (χ1v) is 6.19. The number of dihydropyridines is 1. The van der Waals surface area contributed by atoms with Crippen molar-refractivity contribution in [2.24, 2.45) is 10.6 Å². The summed E-state index contributed by atoms with van der Waals surface area (Å²) in [6.45, 7) is 4.56. The molecule has 86 valence electrons. The Morgan fingerprint density at radius 1 is 1.31 bits per heavy atom. The molecule has 0 saturated heterocycles. The van der Waals surface area contributed by atoms with Gasteiger partial charge in [0.15, 0.2) is 0 Å². The van der Waals surface area contributed by atoms with E-state index in [0.29, 0.717) is 6.04 Å². The second-order valence-corrected chi connectivity index (χ2v) is 5.84. The Kier molecular flexibility index (Phi) is 2.00. The van der Waals surface area contributed by atoms with Crippen LogP contribution >= 0.6 is 0 Å². The number of fused-ring (bicyclic) bond motifs is 1. The molecule has 1 aliphatic heterocycles. The smallest absolute Gasteiger partial charge is 0.114 e. The molecule has 1 atom stereocenters. The first-order valence-electron chi connectivity index (χ1n) is 6.19. The molecular weight excluding hydrogens is 200 g/mol. The van der Waals surface area contributed by atoms with E-state index < -0.39 is 0 Å². The number of rotatable bonds is 1. The molecule has 3 rings (SSSR count). The average molecular weight is 218 g/mol. The summed E-state index contributed by atoms with van der Waals surface area (Å²) >= 11 is 0. The number of hydrogen-bond acceptors (Lipinski definition) is 3. The Balaban J connectivity index is 2.10. The van der Waals surface area contributed by atoms with E-state index in [-0.39, 0.29) is 5.41 Å². The molecule has 0 aromatic heterocycles. The van der Waals surface area contributed by atoms with Gasteiger partial charge in [0.2, 0.25) is 0 Å². The van der Waals surface area contributed by atoms with Gasteiger partial charge in [-0.1, -0.05) is 13.8 Å². The minimum atomic E-state index is 0.256. The minimum absolute atomic E-state index is 0.256. The highest BCUT2D eigenvalue weighted by Gasteiger charge is 2.44. The highest BCUT2D eigenvalue weighted by atomic mass is 16.3. The summed E-state index contributed by atoms with van der Waals surface area (Å²) in [5, 5.41) is 6.98. The molecule has 16 heavy (non-hydrogen) atoms. The number of nitrogens with one attached hydrogen (secondary N) is 1. The van der Waals surface area contributed by atoms with Crippen molar-refractivity contribution in [3.05, 3.63) is 27.4 Å². The Hall–Kier alpha value is -1.12. The van der Waals surface area contributed by atoms with E-state index in [1.807, 2.05) is 0 Å². The van der Waals surface area contributed by atoms with E-state index in [2.05, 4.69) is 24.3 Å². The van der Waals surface area contributed by atoms with Gasteiger partial charge in [0.25, 0.3) is 0 Å². The SMILES string of the molecule is CC1(C)CCC2=C(N=O)C3=C(CCC3)NC21. The highest BCUT2D eigenvalue weighted by Crippen LogP contribution is 2.48. The third-order valence-corrected chi connectivity index (χ3v) is 4.39. The van der Waals surface area contributed by atoms with Crippen molar-refractivity contribution in [3.63, 3.8) is 0 Å². The van der Waals surface area contributed by atoms with E-state index >= 15 is 0 Å². The van der Waals surface area contributed by atoms with E-state index in [1.54, 1.807) is 0 Å². The molecule has 0 aromatic carbocycles. The Bertz CT molecular complexity index is 418. The predicted octanol–water partition coefficient (Wildman–Crippen LogP) is 3.24. The molecule has 1 saturated carbocycles. The molecule has 1 fully saturated rings. The fourth-order valence-corrected chi connectivity index (χ4v) is 3.40. The highest BCUT2D eigenvalue weighted by molar-refractivity contribution is 5.47. The summed E-state index contributed by atoms with van der Waals surface area (Å²) < 4.78 is 0. The zero-order valence-corrected chi connectivity index (χ0v) is 9.97. The van der Waals surface area contributed by atoms with Crippen LogP contribution < -0.4 is 5.32 Å². The summed E-state index contributed by atoms with van der Waals surface area (Å²) in [6.07, 6.45) is 5.47. The largest absolute Gasteiger partial charge is 0.381 e. The van der Waals surface area contributed by atoms with Crippen molar-refractivity contribution in [2.75, 3.05) is 0 Å². The summed E-state index contributed by atoms with van der Waals surface area (Å²) in [5.74, 6) is 0. The lowest BCUT2D eigenvalue weighted by atomic mass is 9.84. The van der Waals surface area contributed by atoms with E-state index in [4.69, 9.17) is 0 Å². The number of hydrogen-bond donors (Lipinski definition) is 1. The van der Waals surface area contributed by atoms with Gasteiger partial charge in [0.1, 0.15) is 5.70 Å². The van der Waals surface area contributed by atoms with Crippen molar-refractivity contribution in [1.29, 1.82) is 0 Å². The number of nitrogens with zero attached hydrogens (tertiary/aromatic N) is 1. The fraction of sp³-hybridized carbons (Fsp3) is 0.692. The van der Waals surface area contributed by atoms with Gasteiger partial charge in [-0.25, -0.2) is 0 Å². The lowest BCUT2D eigenvalue weighted by Crippen LogP contribution is -2.40. The van der Waals surface area contributed by atoms with Crippen LogP contribution in [0.4, 0.5) is 0 Å². The van der Waals surface area contributed by atoms with Crippen molar-refractivity contribution in [1.82, 2.24) is 5.32 Å². The quantitative estimate of drug-likeness (QED) is 0.686. The molecule has 2 aliphatic carbocycles. The average Bonchev–Trinajstić information content (AvgIpc) is 2.81. The lowest BCUT2D eigenvalue weighted by Gasteiger charge is -2.33. The maximum absolute atomic E-state index is 11.1. The predicted molar refractivity (Wildman–Crippen MR) is 63.6 cm³/mol. The molecule has 3 nitrogen and oxygen atoms in total. The first kappa shape index (κ1) is 10.1. The van der Waals surface area contributed by atoms with Gasteiger partial charge in [-0.3, -0.25) is 0 Å². The lowest BCUT2D eigenvalue weighted by molar-refractivity contribution is 0.311. The molecule has 0 bridgehead atoms. The summed E-state index contributed by atoms with van der Waals surface area (Å²) in [4.78, 5) is 11.1. The zero-order valence-electron chi connectivity index (χ0n) is 9.97. The van der Waals surface area contributed by atoms with Crippen LogP contribution in [0.25, 0.3) is 0 Å². The van der Waals surface area contributed by atoms with Crippen LogP contribution in [0.3, 0.4) is 0 Å². The van der Waals surface area contributed by atoms with Crippen molar-refractivity contribution in [2.45, 2.75) is 52.0 Å². The van der Waals surface area contributed by atoms with Gasteiger partial charge in [0, 0.05) is 11.3 Å². The third kappa shape index (κ3) is 1.20. The Morgan fingerprint density at radius 3 is 2.88 bits per heavy atom. The molecule has 3 aliphatic rings. The van der Waals surface area contributed by atoms with E-state index in [0.717, 1.165) is 37.8 Å². The van der Waals surface area contributed by atoms with Gasteiger partial charge in [-0.15, -0.1) is 4.91 Å². The molecule has 0 amide bonds. The fourth-order valence-electron chi connectivity index (χ4n) is 3.40. The van der Waals surface area contributed by atoms with Crippen molar-refractivity contribution >= 4 is 0 Å². The van der Waals surface area contributed by atoms with Crippen LogP contribution in [-0.4, -0.2) is 6.04 Å². The van der Waals surface area contributed by atoms with Crippen LogP contribution in [0.5, 0.6) is 0 Å². The topological polar surface area (TPSA) is 41.5 Å². The maximum Gasteiger partial charge on any atom is 0.114 e. The molecule has 0 aromatic rings. The number of allylic oxidation sites excluding steroid dienone is 2. The molecule has 0 radical (unpaired) electrons. The van der Waals surface area contributed by atoms with Crippen LogP contribution in [0, 0.1) is 10.3 Å². The van der Waals surface area contributed by atoms with Gasteiger partial charge in [-0.2, -0.15) is 0 Å².